The Labute approximate surface area is 67.1 Å². The van der Waals surface area contributed by atoms with Crippen molar-refractivity contribution < 1.29 is 9.47 Å². The van der Waals surface area contributed by atoms with E-state index in [0.29, 0.717) is 5.92 Å². The molecule has 2 aliphatic heterocycles. The first kappa shape index (κ1) is 7.53. The minimum atomic E-state index is -0.255. The van der Waals surface area contributed by atoms with Gasteiger partial charge >= 0.3 is 0 Å². The molecule has 0 radical (unpaired) electrons. The normalized spacial score (nSPS) is 35.2. The van der Waals surface area contributed by atoms with E-state index in [-0.39, 0.29) is 5.79 Å². The summed E-state index contributed by atoms with van der Waals surface area (Å²) in [6.07, 6.45) is 1.13. The summed E-state index contributed by atoms with van der Waals surface area (Å²) in [7, 11) is 0. The van der Waals surface area contributed by atoms with Gasteiger partial charge in [-0.25, -0.2) is 0 Å². The fraction of sp³-hybridized carbons (Fsp3) is 1.00. The lowest BCUT2D eigenvalue weighted by Crippen LogP contribution is -2.38. The predicted molar refractivity (Wildman–Crippen MR) is 41.3 cm³/mol. The molecule has 0 bridgehead atoms. The van der Waals surface area contributed by atoms with Crippen molar-refractivity contribution in [1.29, 1.82) is 0 Å². The van der Waals surface area contributed by atoms with Crippen LogP contribution in [0.2, 0.25) is 0 Å². The van der Waals surface area contributed by atoms with Gasteiger partial charge in [-0.2, -0.15) is 0 Å². The molecule has 0 unspecified atom stereocenters. The molecule has 2 heterocycles. The van der Waals surface area contributed by atoms with E-state index in [4.69, 9.17) is 9.47 Å². The summed E-state index contributed by atoms with van der Waals surface area (Å²) in [5.74, 6) is 0.291. The van der Waals surface area contributed by atoms with E-state index in [1.165, 1.54) is 0 Å². The van der Waals surface area contributed by atoms with E-state index in [1.54, 1.807) is 0 Å². The molecule has 0 aromatic rings. The molecule has 2 rings (SSSR count). The van der Waals surface area contributed by atoms with Crippen LogP contribution in [0, 0.1) is 5.92 Å². The average molecular weight is 157 g/mol. The minimum absolute atomic E-state index is 0.255. The van der Waals surface area contributed by atoms with E-state index < -0.39 is 0 Å². The van der Waals surface area contributed by atoms with Crippen LogP contribution < -0.4 is 5.32 Å². The first-order chi connectivity index (χ1) is 5.37. The fourth-order valence-corrected chi connectivity index (χ4v) is 1.98. The zero-order valence-corrected chi connectivity index (χ0v) is 6.93. The van der Waals surface area contributed by atoms with Gasteiger partial charge in [0.15, 0.2) is 5.79 Å². The second-order valence-corrected chi connectivity index (χ2v) is 3.24. The van der Waals surface area contributed by atoms with Crippen LogP contribution in [0.5, 0.6) is 0 Å². The van der Waals surface area contributed by atoms with Crippen LogP contribution in [0.4, 0.5) is 0 Å². The molecule has 1 spiro atoms. The van der Waals surface area contributed by atoms with E-state index in [1.807, 2.05) is 0 Å². The number of rotatable bonds is 1. The molecular weight excluding hydrogens is 142 g/mol. The Kier molecular flexibility index (Phi) is 1.87. The van der Waals surface area contributed by atoms with Gasteiger partial charge in [0.2, 0.25) is 0 Å². The highest BCUT2D eigenvalue weighted by atomic mass is 16.7. The lowest BCUT2D eigenvalue weighted by atomic mass is 10.00. The molecular formula is C8H15NO2. The quantitative estimate of drug-likeness (QED) is 0.596. The Morgan fingerprint density at radius 2 is 2.18 bits per heavy atom. The van der Waals surface area contributed by atoms with Gasteiger partial charge in [-0.05, 0) is 6.42 Å². The molecule has 64 valence electrons. The van der Waals surface area contributed by atoms with Crippen molar-refractivity contribution in [3.05, 3.63) is 0 Å². The maximum atomic E-state index is 5.62. The van der Waals surface area contributed by atoms with Crippen LogP contribution in [0.1, 0.15) is 13.3 Å². The number of hydrogen-bond donors (Lipinski definition) is 1. The van der Waals surface area contributed by atoms with Crippen molar-refractivity contribution in [2.45, 2.75) is 19.1 Å². The summed E-state index contributed by atoms with van der Waals surface area (Å²) in [5.41, 5.74) is 0. The molecule has 1 N–H and O–H groups in total. The Balaban J connectivity index is 2.09. The topological polar surface area (TPSA) is 30.5 Å². The standard InChI is InChI=1S/C8H15NO2/c1-2-7-5-9-6-8(7)10-3-4-11-8/h7,9H,2-6H2,1H3/t7-/m1/s1. The summed E-state index contributed by atoms with van der Waals surface area (Å²) in [4.78, 5) is 0. The van der Waals surface area contributed by atoms with Gasteiger partial charge in [-0.15, -0.1) is 0 Å². The minimum Gasteiger partial charge on any atom is -0.346 e. The van der Waals surface area contributed by atoms with Gasteiger partial charge in [0, 0.05) is 12.5 Å². The largest absolute Gasteiger partial charge is 0.346 e. The van der Waals surface area contributed by atoms with Crippen LogP contribution in [-0.4, -0.2) is 32.1 Å². The Hall–Kier alpha value is -0.120. The van der Waals surface area contributed by atoms with E-state index in [0.717, 1.165) is 32.7 Å². The summed E-state index contributed by atoms with van der Waals surface area (Å²) < 4.78 is 11.2. The highest BCUT2D eigenvalue weighted by molar-refractivity contribution is 4.91. The van der Waals surface area contributed by atoms with E-state index >= 15 is 0 Å². The Bertz CT molecular complexity index is 138. The average Bonchev–Trinajstić information content (AvgIpc) is 2.62. The third-order valence-corrected chi connectivity index (χ3v) is 2.65. The second kappa shape index (κ2) is 2.73. The van der Waals surface area contributed by atoms with Crippen LogP contribution in [-0.2, 0) is 9.47 Å². The number of nitrogens with one attached hydrogen (secondary N) is 1. The summed E-state index contributed by atoms with van der Waals surface area (Å²) in [5, 5.41) is 3.31. The second-order valence-electron chi connectivity index (χ2n) is 3.24. The van der Waals surface area contributed by atoms with Crippen LogP contribution in [0.3, 0.4) is 0 Å². The zero-order valence-electron chi connectivity index (χ0n) is 6.93. The molecule has 2 fully saturated rings. The Morgan fingerprint density at radius 3 is 2.82 bits per heavy atom. The molecule has 0 aliphatic carbocycles. The first-order valence-electron chi connectivity index (χ1n) is 4.36. The molecule has 3 nitrogen and oxygen atoms in total. The highest BCUT2D eigenvalue weighted by Crippen LogP contribution is 2.33. The van der Waals surface area contributed by atoms with Crippen molar-refractivity contribution in [3.63, 3.8) is 0 Å². The van der Waals surface area contributed by atoms with Gasteiger partial charge < -0.3 is 14.8 Å². The molecule has 2 aliphatic rings. The molecule has 0 aromatic heterocycles. The molecule has 1 atom stereocenters. The van der Waals surface area contributed by atoms with Gasteiger partial charge in [0.1, 0.15) is 0 Å². The third-order valence-electron chi connectivity index (χ3n) is 2.65. The smallest absolute Gasteiger partial charge is 0.184 e. The van der Waals surface area contributed by atoms with Gasteiger partial charge in [-0.3, -0.25) is 0 Å². The SMILES string of the molecule is CC[C@@H]1CNCC12OCCO2. The maximum Gasteiger partial charge on any atom is 0.184 e. The van der Waals surface area contributed by atoms with Crippen molar-refractivity contribution >= 4 is 0 Å². The summed E-state index contributed by atoms with van der Waals surface area (Å²) >= 11 is 0. The lowest BCUT2D eigenvalue weighted by molar-refractivity contribution is -0.170. The monoisotopic (exact) mass is 157 g/mol. The summed E-state index contributed by atoms with van der Waals surface area (Å²) in [6.45, 7) is 5.61. The molecule has 11 heavy (non-hydrogen) atoms. The molecule has 0 aromatic carbocycles. The first-order valence-corrected chi connectivity index (χ1v) is 4.36. The predicted octanol–water partition coefficient (Wildman–Crippen LogP) is 0.359. The molecule has 0 amide bonds. The molecule has 2 saturated heterocycles. The van der Waals surface area contributed by atoms with E-state index in [9.17, 15) is 0 Å². The Morgan fingerprint density at radius 1 is 1.45 bits per heavy atom. The van der Waals surface area contributed by atoms with Crippen LogP contribution in [0.25, 0.3) is 0 Å². The number of hydrogen-bond acceptors (Lipinski definition) is 3. The fourth-order valence-electron chi connectivity index (χ4n) is 1.98. The van der Waals surface area contributed by atoms with Crippen molar-refractivity contribution in [3.8, 4) is 0 Å². The molecule has 0 saturated carbocycles. The van der Waals surface area contributed by atoms with Gasteiger partial charge in [0.25, 0.3) is 0 Å². The highest BCUT2D eigenvalue weighted by Gasteiger charge is 2.46. The maximum absolute atomic E-state index is 5.62. The van der Waals surface area contributed by atoms with Crippen molar-refractivity contribution in [2.75, 3.05) is 26.3 Å². The van der Waals surface area contributed by atoms with Crippen molar-refractivity contribution in [2.24, 2.45) is 5.92 Å². The third kappa shape index (κ3) is 1.08. The van der Waals surface area contributed by atoms with E-state index in [2.05, 4.69) is 12.2 Å². The zero-order chi connectivity index (χ0) is 7.73. The van der Waals surface area contributed by atoms with Crippen molar-refractivity contribution in [1.82, 2.24) is 5.32 Å². The summed E-state index contributed by atoms with van der Waals surface area (Å²) in [6, 6.07) is 0. The van der Waals surface area contributed by atoms with Gasteiger partial charge in [-0.1, -0.05) is 6.92 Å². The van der Waals surface area contributed by atoms with Crippen LogP contribution in [0.15, 0.2) is 0 Å². The lowest BCUT2D eigenvalue weighted by Gasteiger charge is -2.27. The molecule has 3 heteroatoms. The van der Waals surface area contributed by atoms with Gasteiger partial charge in [0.05, 0.1) is 19.8 Å². The number of ether oxygens (including phenoxy) is 2. The van der Waals surface area contributed by atoms with Crippen LogP contribution >= 0.6 is 0 Å².